The molecule has 2 rings (SSSR count). The summed E-state index contributed by atoms with van der Waals surface area (Å²) >= 11 is 16.8. The van der Waals surface area contributed by atoms with Crippen LogP contribution in [0.4, 0.5) is 17.2 Å². The maximum atomic E-state index is 11.6. The number of Topliss-reactive ketones (excluding diaryl/α,β-unsaturated/α-hetero) is 2. The number of hydrogen-bond acceptors (Lipinski definition) is 13. The molecule has 0 aliphatic carbocycles. The number of nitro groups is 2. The number of ketones is 2. The van der Waals surface area contributed by atoms with Crippen LogP contribution in [0.1, 0.15) is 37.8 Å². The Hall–Kier alpha value is -3.70. The average Bonchev–Trinajstić information content (AvgIpc) is 2.85. The van der Waals surface area contributed by atoms with Gasteiger partial charge in [-0.15, -0.1) is 0 Å². The van der Waals surface area contributed by atoms with Gasteiger partial charge >= 0.3 is 23.3 Å². The molecule has 20 heteroatoms. The highest BCUT2D eigenvalue weighted by Gasteiger charge is 2.27. The second kappa shape index (κ2) is 20.3. The Labute approximate surface area is 272 Å². The van der Waals surface area contributed by atoms with Crippen LogP contribution in [-0.4, -0.2) is 69.6 Å². The zero-order valence-electron chi connectivity index (χ0n) is 24.3. The van der Waals surface area contributed by atoms with Crippen LogP contribution in [0.25, 0.3) is 0 Å². The fourth-order valence-electron chi connectivity index (χ4n) is 3.15. The molecule has 44 heavy (non-hydrogen) atoms. The van der Waals surface area contributed by atoms with Crippen LogP contribution in [0.5, 0.6) is 0 Å². The molecule has 2 atom stereocenters. The van der Waals surface area contributed by atoms with Gasteiger partial charge in [-0.25, -0.2) is 19.6 Å². The Kier molecular flexibility index (Phi) is 19.6. The van der Waals surface area contributed by atoms with Crippen molar-refractivity contribution in [1.82, 2.24) is 9.97 Å². The molecule has 0 saturated carbocycles. The van der Waals surface area contributed by atoms with E-state index in [4.69, 9.17) is 34.8 Å². The zero-order valence-corrected chi connectivity index (χ0v) is 27.3. The normalized spacial score (nSPS) is 11.0. The van der Waals surface area contributed by atoms with E-state index in [-0.39, 0.29) is 75.0 Å². The van der Waals surface area contributed by atoms with E-state index in [0.29, 0.717) is 5.56 Å². The second-order valence-corrected chi connectivity index (χ2v) is 9.76. The lowest BCUT2D eigenvalue weighted by Gasteiger charge is -2.16. The fourth-order valence-corrected chi connectivity index (χ4v) is 4.00. The first kappa shape index (κ1) is 42.4. The molecule has 2 aromatic heterocycles. The maximum absolute atomic E-state index is 11.6. The number of ether oxygens (including phenoxy) is 2. The number of quaternary nitrogens is 1. The summed E-state index contributed by atoms with van der Waals surface area (Å²) in [6.07, 6.45) is -0.0241. The van der Waals surface area contributed by atoms with E-state index in [1.54, 1.807) is 6.92 Å². The van der Waals surface area contributed by atoms with E-state index in [0.717, 1.165) is 7.11 Å². The minimum Gasteiger partial charge on any atom is -1.00 e. The Morgan fingerprint density at radius 3 is 1.68 bits per heavy atom. The number of halogens is 4. The molecular formula is C24H30Cl4N6O10. The van der Waals surface area contributed by atoms with Gasteiger partial charge < -0.3 is 32.9 Å². The first-order valence-corrected chi connectivity index (χ1v) is 13.0. The van der Waals surface area contributed by atoms with Gasteiger partial charge in [0, 0.05) is 17.5 Å². The van der Waals surface area contributed by atoms with E-state index in [2.05, 4.69) is 30.5 Å². The number of pyridine rings is 2. The van der Waals surface area contributed by atoms with Gasteiger partial charge in [-0.2, -0.15) is 0 Å². The topological polar surface area (TPSA) is 238 Å². The minimum atomic E-state index is -1.07. The number of carbonyl (C=O) groups excluding carboxylic acids is 4. The standard InChI is InChI=1S/C12H14ClN3O5.C6H4Cl2N2O2.C6H11NO3.ClH/c1-6-4-9(13)15-11(10(6)16(19)20)14-8(5-7(2)17)12(18)21-3;1-3-2-4(7)9-6(8)5(3)10(11)12;1-4(8)3-5(7)6(9)10-2;/h4,8H,5H2,1-3H3,(H,14,15);2H,1H3;5H,3,7H2,1-2H3;1H/t8-;;5-;/m0.0./s1. The molecule has 4 N–H and O–H groups in total. The van der Waals surface area contributed by atoms with Crippen LogP contribution >= 0.6 is 34.8 Å². The Balaban J connectivity index is 0. The van der Waals surface area contributed by atoms with Crippen LogP contribution in [0.2, 0.25) is 15.5 Å². The highest BCUT2D eigenvalue weighted by atomic mass is 35.5. The molecule has 0 aliphatic heterocycles. The number of carbonyl (C=O) groups is 4. The molecule has 2 heterocycles. The zero-order chi connectivity index (χ0) is 33.6. The van der Waals surface area contributed by atoms with Gasteiger partial charge in [0.1, 0.15) is 27.9 Å². The van der Waals surface area contributed by atoms with E-state index >= 15 is 0 Å². The van der Waals surface area contributed by atoms with Crippen molar-refractivity contribution < 1.29 is 56.6 Å². The number of methoxy groups -OCH3 is 2. The molecule has 0 aliphatic rings. The van der Waals surface area contributed by atoms with Crippen molar-refractivity contribution >= 4 is 75.5 Å². The first-order valence-electron chi connectivity index (χ1n) is 11.9. The summed E-state index contributed by atoms with van der Waals surface area (Å²) in [6.45, 7) is 5.76. The molecule has 0 spiro atoms. The van der Waals surface area contributed by atoms with Crippen molar-refractivity contribution in [2.24, 2.45) is 0 Å². The molecule has 0 unspecified atom stereocenters. The SMILES string of the molecule is COC(=O)[C@@H]([NH3+])CC(C)=O.COC(=O)[C@H](CC(C)=O)Nc1nc(Cl)cc(C)c1[N+](=O)[O-].Cc1cc(Cl)nc(Cl)c1[N+](=O)[O-].[Cl-]. The van der Waals surface area contributed by atoms with Gasteiger partial charge in [0.2, 0.25) is 11.0 Å². The number of hydrogen-bond donors (Lipinski definition) is 2. The lowest BCUT2D eigenvalue weighted by atomic mass is 10.1. The highest BCUT2D eigenvalue weighted by Crippen LogP contribution is 2.30. The summed E-state index contributed by atoms with van der Waals surface area (Å²) in [7, 11) is 2.43. The summed E-state index contributed by atoms with van der Waals surface area (Å²) in [5.74, 6) is -1.67. The van der Waals surface area contributed by atoms with Crippen LogP contribution < -0.4 is 23.5 Å². The average molecular weight is 704 g/mol. The summed E-state index contributed by atoms with van der Waals surface area (Å²) in [5.41, 5.74) is 3.65. The monoisotopic (exact) mass is 702 g/mol. The van der Waals surface area contributed by atoms with Gasteiger partial charge in [0.25, 0.3) is 0 Å². The third kappa shape index (κ3) is 14.7. The Morgan fingerprint density at radius 2 is 1.30 bits per heavy atom. The van der Waals surface area contributed by atoms with Crippen LogP contribution in [0.3, 0.4) is 0 Å². The molecule has 0 aromatic carbocycles. The molecule has 0 fully saturated rings. The summed E-state index contributed by atoms with van der Waals surface area (Å²) in [5, 5.41) is 24.1. The number of nitrogens with zero attached hydrogens (tertiary/aromatic N) is 4. The quantitative estimate of drug-likeness (QED) is 0.146. The van der Waals surface area contributed by atoms with Crippen molar-refractivity contribution in [3.05, 3.63) is 58.9 Å². The molecule has 0 saturated heterocycles. The molecule has 16 nitrogen and oxygen atoms in total. The molecule has 0 amide bonds. The van der Waals surface area contributed by atoms with Gasteiger partial charge in [-0.05, 0) is 39.8 Å². The largest absolute Gasteiger partial charge is 1.00 e. The predicted octanol–water partition coefficient (Wildman–Crippen LogP) is 0.242. The molecule has 0 radical (unpaired) electrons. The first-order chi connectivity index (χ1) is 19.9. The van der Waals surface area contributed by atoms with Gasteiger partial charge in [0.15, 0.2) is 6.04 Å². The summed E-state index contributed by atoms with van der Waals surface area (Å²) in [6, 6.07) is 1.10. The Morgan fingerprint density at radius 1 is 0.864 bits per heavy atom. The molecule has 2 aromatic rings. The summed E-state index contributed by atoms with van der Waals surface area (Å²) in [4.78, 5) is 71.5. The maximum Gasteiger partial charge on any atom is 0.364 e. The van der Waals surface area contributed by atoms with E-state index in [1.807, 2.05) is 0 Å². The third-order valence-corrected chi connectivity index (χ3v) is 5.63. The van der Waals surface area contributed by atoms with E-state index < -0.39 is 33.9 Å². The number of anilines is 1. The number of esters is 2. The molecule has 244 valence electrons. The summed E-state index contributed by atoms with van der Waals surface area (Å²) < 4.78 is 8.92. The smallest absolute Gasteiger partial charge is 0.364 e. The van der Waals surface area contributed by atoms with Gasteiger partial charge in [-0.1, -0.05) is 34.8 Å². The van der Waals surface area contributed by atoms with Gasteiger partial charge in [0.05, 0.1) is 30.5 Å². The van der Waals surface area contributed by atoms with Crippen LogP contribution in [-0.2, 0) is 28.7 Å². The van der Waals surface area contributed by atoms with Crippen molar-refractivity contribution in [3.63, 3.8) is 0 Å². The number of nitrogens with one attached hydrogen (secondary N) is 1. The van der Waals surface area contributed by atoms with Crippen molar-refractivity contribution in [3.8, 4) is 0 Å². The Bertz CT molecular complexity index is 1360. The van der Waals surface area contributed by atoms with E-state index in [9.17, 15) is 39.4 Å². The highest BCUT2D eigenvalue weighted by molar-refractivity contribution is 6.34. The van der Waals surface area contributed by atoms with Crippen LogP contribution in [0.15, 0.2) is 12.1 Å². The number of aryl methyl sites for hydroxylation is 2. The van der Waals surface area contributed by atoms with Crippen molar-refractivity contribution in [1.29, 1.82) is 0 Å². The number of rotatable bonds is 10. The minimum absolute atomic E-state index is 0. The molecular weight excluding hydrogens is 674 g/mol. The number of aromatic nitrogens is 2. The lowest BCUT2D eigenvalue weighted by molar-refractivity contribution is -0.406. The molecule has 0 bridgehead atoms. The van der Waals surface area contributed by atoms with Crippen molar-refractivity contribution in [2.45, 2.75) is 52.6 Å². The second-order valence-electron chi connectivity index (χ2n) is 8.63. The van der Waals surface area contributed by atoms with Gasteiger partial charge in [-0.3, -0.25) is 29.8 Å². The van der Waals surface area contributed by atoms with E-state index in [1.165, 1.54) is 40.0 Å². The predicted molar refractivity (Wildman–Crippen MR) is 155 cm³/mol. The van der Waals surface area contributed by atoms with Crippen LogP contribution in [0, 0.1) is 34.1 Å². The third-order valence-electron chi connectivity index (χ3n) is 4.98. The lowest BCUT2D eigenvalue weighted by Crippen LogP contribution is -3.00. The fraction of sp³-hybridized carbons (Fsp3) is 0.417. The van der Waals surface area contributed by atoms with Crippen molar-refractivity contribution in [2.75, 3.05) is 19.5 Å².